The largest absolute Gasteiger partial charge is 0.307 e. The number of hydrogen-bond acceptors (Lipinski definition) is 6. The highest BCUT2D eigenvalue weighted by Gasteiger charge is 2.32. The zero-order valence-corrected chi connectivity index (χ0v) is 20.8. The number of aromatic nitrogens is 1. The molecular weight excluding hydrogens is 492 g/mol. The van der Waals surface area contributed by atoms with Gasteiger partial charge in [-0.1, -0.05) is 36.6 Å². The van der Waals surface area contributed by atoms with Crippen LogP contribution in [0.3, 0.4) is 0 Å². The first-order chi connectivity index (χ1) is 16.3. The summed E-state index contributed by atoms with van der Waals surface area (Å²) in [4.78, 5) is 3.31. The SMILES string of the molecule is O=S(=O)(c1ccc2c(c1)CCC2NC1CCCC1)c1ccc(Cl)cc1S(=O)(=O)c1ccccn1. The van der Waals surface area contributed by atoms with Crippen LogP contribution in [0.25, 0.3) is 0 Å². The Bertz CT molecular complexity index is 1430. The average molecular weight is 517 g/mol. The molecule has 5 rings (SSSR count). The molecule has 3 aromatic rings. The fourth-order valence-electron chi connectivity index (χ4n) is 4.97. The van der Waals surface area contributed by atoms with Gasteiger partial charge in [0.05, 0.1) is 14.7 Å². The number of pyridine rings is 1. The molecule has 178 valence electrons. The van der Waals surface area contributed by atoms with Crippen molar-refractivity contribution < 1.29 is 16.8 Å². The number of hydrogen-bond donors (Lipinski definition) is 1. The predicted octanol–water partition coefficient (Wildman–Crippen LogP) is 4.92. The highest BCUT2D eigenvalue weighted by molar-refractivity contribution is 7.94. The highest BCUT2D eigenvalue weighted by Crippen LogP contribution is 2.37. The van der Waals surface area contributed by atoms with Gasteiger partial charge in [0.15, 0.2) is 5.03 Å². The van der Waals surface area contributed by atoms with Crippen molar-refractivity contribution in [2.45, 2.75) is 70.3 Å². The first-order valence-electron chi connectivity index (χ1n) is 11.4. The van der Waals surface area contributed by atoms with Gasteiger partial charge in [-0.15, -0.1) is 0 Å². The Labute approximate surface area is 205 Å². The van der Waals surface area contributed by atoms with Crippen LogP contribution in [0.15, 0.2) is 80.5 Å². The Hall–Kier alpha value is -2.26. The quantitative estimate of drug-likeness (QED) is 0.500. The van der Waals surface area contributed by atoms with Gasteiger partial charge in [0.2, 0.25) is 19.7 Å². The van der Waals surface area contributed by atoms with E-state index in [1.54, 1.807) is 18.2 Å². The molecule has 1 aromatic heterocycles. The summed E-state index contributed by atoms with van der Waals surface area (Å²) >= 11 is 6.08. The average Bonchev–Trinajstić information content (AvgIpc) is 3.49. The molecule has 1 saturated carbocycles. The van der Waals surface area contributed by atoms with E-state index in [4.69, 9.17) is 11.6 Å². The molecule has 6 nitrogen and oxygen atoms in total. The van der Waals surface area contributed by atoms with E-state index < -0.39 is 19.7 Å². The number of sulfone groups is 2. The van der Waals surface area contributed by atoms with Crippen LogP contribution in [-0.4, -0.2) is 27.9 Å². The maximum atomic E-state index is 13.7. The van der Waals surface area contributed by atoms with E-state index in [9.17, 15) is 16.8 Å². The predicted molar refractivity (Wildman–Crippen MR) is 129 cm³/mol. The number of fused-ring (bicyclic) bond motifs is 1. The zero-order valence-electron chi connectivity index (χ0n) is 18.4. The second kappa shape index (κ2) is 9.07. The monoisotopic (exact) mass is 516 g/mol. The Kier molecular flexibility index (Phi) is 6.27. The summed E-state index contributed by atoms with van der Waals surface area (Å²) in [7, 11) is -8.33. The summed E-state index contributed by atoms with van der Waals surface area (Å²) in [5.41, 5.74) is 2.11. The van der Waals surface area contributed by atoms with Gasteiger partial charge >= 0.3 is 0 Å². The van der Waals surface area contributed by atoms with Crippen LogP contribution >= 0.6 is 11.6 Å². The second-order valence-electron chi connectivity index (χ2n) is 8.87. The van der Waals surface area contributed by atoms with Crippen molar-refractivity contribution in [1.29, 1.82) is 0 Å². The van der Waals surface area contributed by atoms with Crippen LogP contribution in [0.4, 0.5) is 0 Å². The van der Waals surface area contributed by atoms with Crippen LogP contribution in [0, 0.1) is 0 Å². The van der Waals surface area contributed by atoms with E-state index in [1.807, 2.05) is 6.07 Å². The molecule has 0 spiro atoms. The molecule has 34 heavy (non-hydrogen) atoms. The van der Waals surface area contributed by atoms with Gasteiger partial charge < -0.3 is 5.32 Å². The maximum absolute atomic E-state index is 13.7. The van der Waals surface area contributed by atoms with Crippen LogP contribution in [-0.2, 0) is 26.1 Å². The minimum Gasteiger partial charge on any atom is -0.307 e. The molecule has 0 radical (unpaired) electrons. The fraction of sp³-hybridized carbons (Fsp3) is 0.320. The number of halogens is 1. The highest BCUT2D eigenvalue weighted by atomic mass is 35.5. The van der Waals surface area contributed by atoms with Crippen LogP contribution in [0.1, 0.15) is 49.3 Å². The third-order valence-electron chi connectivity index (χ3n) is 6.69. The minimum absolute atomic E-state index is 0.0764. The van der Waals surface area contributed by atoms with Crippen molar-refractivity contribution >= 4 is 31.3 Å². The summed E-state index contributed by atoms with van der Waals surface area (Å²) in [6, 6.07) is 14.2. The minimum atomic E-state index is -4.20. The van der Waals surface area contributed by atoms with Crippen molar-refractivity contribution in [2.24, 2.45) is 0 Å². The van der Waals surface area contributed by atoms with Crippen molar-refractivity contribution in [3.63, 3.8) is 0 Å². The van der Waals surface area contributed by atoms with Gasteiger partial charge in [0.1, 0.15) is 0 Å². The molecule has 1 N–H and O–H groups in total. The molecule has 9 heteroatoms. The number of benzene rings is 2. The van der Waals surface area contributed by atoms with E-state index in [1.165, 1.54) is 62.2 Å². The summed E-state index contributed by atoms with van der Waals surface area (Å²) in [6.07, 6.45) is 7.92. The molecule has 0 bridgehead atoms. The van der Waals surface area contributed by atoms with E-state index in [-0.39, 0.29) is 30.8 Å². The Morgan fingerprint density at radius 1 is 0.853 bits per heavy atom. The molecule has 0 aliphatic heterocycles. The van der Waals surface area contributed by atoms with Crippen molar-refractivity contribution in [3.8, 4) is 0 Å². The molecule has 2 aromatic carbocycles. The third kappa shape index (κ3) is 4.28. The van der Waals surface area contributed by atoms with Crippen molar-refractivity contribution in [3.05, 3.63) is 76.9 Å². The molecule has 1 atom stereocenters. The Morgan fingerprint density at radius 3 is 2.38 bits per heavy atom. The van der Waals surface area contributed by atoms with Crippen LogP contribution in [0.5, 0.6) is 0 Å². The molecule has 0 saturated heterocycles. The van der Waals surface area contributed by atoms with Crippen LogP contribution in [0.2, 0.25) is 5.02 Å². The van der Waals surface area contributed by atoms with Gasteiger partial charge in [0.25, 0.3) is 0 Å². The molecule has 1 heterocycles. The Balaban J connectivity index is 1.53. The van der Waals surface area contributed by atoms with Crippen molar-refractivity contribution in [2.75, 3.05) is 0 Å². The van der Waals surface area contributed by atoms with Gasteiger partial charge in [-0.25, -0.2) is 21.8 Å². The molecule has 1 fully saturated rings. The molecular formula is C25H25ClN2O4S2. The van der Waals surface area contributed by atoms with Crippen LogP contribution < -0.4 is 5.32 Å². The lowest BCUT2D eigenvalue weighted by Crippen LogP contribution is -2.29. The number of nitrogens with zero attached hydrogens (tertiary/aromatic N) is 1. The first-order valence-corrected chi connectivity index (χ1v) is 14.7. The molecule has 2 aliphatic carbocycles. The summed E-state index contributed by atoms with van der Waals surface area (Å²) < 4.78 is 53.9. The van der Waals surface area contributed by atoms with E-state index in [0.717, 1.165) is 24.0 Å². The van der Waals surface area contributed by atoms with Gasteiger partial charge in [-0.3, -0.25) is 0 Å². The maximum Gasteiger partial charge on any atom is 0.225 e. The molecule has 2 aliphatic rings. The smallest absolute Gasteiger partial charge is 0.225 e. The normalized spacial score (nSPS) is 18.8. The lowest BCUT2D eigenvalue weighted by molar-refractivity contribution is 0.437. The molecule has 0 amide bonds. The summed E-state index contributed by atoms with van der Waals surface area (Å²) in [6.45, 7) is 0. The molecule has 1 unspecified atom stereocenters. The first kappa shape index (κ1) is 23.5. The third-order valence-corrected chi connectivity index (χ3v) is 10.6. The fourth-order valence-corrected chi connectivity index (χ4v) is 8.53. The summed E-state index contributed by atoms with van der Waals surface area (Å²) in [5, 5.41) is 3.62. The topological polar surface area (TPSA) is 93.2 Å². The second-order valence-corrected chi connectivity index (χ2v) is 13.1. The van der Waals surface area contributed by atoms with E-state index >= 15 is 0 Å². The van der Waals surface area contributed by atoms with Gasteiger partial charge in [-0.2, -0.15) is 0 Å². The van der Waals surface area contributed by atoms with Gasteiger partial charge in [-0.05, 0) is 79.3 Å². The summed E-state index contributed by atoms with van der Waals surface area (Å²) in [5.74, 6) is 0. The Morgan fingerprint density at radius 2 is 1.65 bits per heavy atom. The lowest BCUT2D eigenvalue weighted by atomic mass is 10.1. The number of nitrogens with one attached hydrogen (secondary N) is 1. The lowest BCUT2D eigenvalue weighted by Gasteiger charge is -2.19. The van der Waals surface area contributed by atoms with Crippen molar-refractivity contribution in [1.82, 2.24) is 10.3 Å². The van der Waals surface area contributed by atoms with Gasteiger partial charge in [0, 0.05) is 23.3 Å². The zero-order chi connectivity index (χ0) is 23.9. The van der Waals surface area contributed by atoms with E-state index in [2.05, 4.69) is 10.3 Å². The standard InChI is InChI=1S/C25H25ClN2O4S2/c26-18-9-13-23(24(16-18)34(31,32)25-7-3-4-14-27-25)33(29,30)20-10-11-21-17(15-20)8-12-22(21)28-19-5-1-2-6-19/h3-4,7,9-11,13-16,19,22,28H,1-2,5-6,8,12H2. The number of rotatable bonds is 6. The number of aryl methyl sites for hydroxylation is 1. The van der Waals surface area contributed by atoms with E-state index in [0.29, 0.717) is 6.04 Å².